The molecule has 5 heteroatoms. The molecular formula is C15H17NO3S. The number of hydrogen-bond acceptors (Lipinski definition) is 3. The van der Waals surface area contributed by atoms with Crippen LogP contribution in [0.4, 0.5) is 5.69 Å². The van der Waals surface area contributed by atoms with Gasteiger partial charge in [-0.15, -0.1) is 0 Å². The molecule has 0 unspecified atom stereocenters. The average molecular weight is 291 g/mol. The zero-order valence-corrected chi connectivity index (χ0v) is 12.1. The monoisotopic (exact) mass is 291 g/mol. The highest BCUT2D eigenvalue weighted by atomic mass is 32.2. The molecule has 4 nitrogen and oxygen atoms in total. The van der Waals surface area contributed by atoms with Crippen LogP contribution in [0.15, 0.2) is 54.6 Å². The lowest BCUT2D eigenvalue weighted by Crippen LogP contribution is -2.09. The van der Waals surface area contributed by atoms with Crippen LogP contribution in [0, 0.1) is 0 Å². The van der Waals surface area contributed by atoms with Gasteiger partial charge in [-0.2, -0.15) is 0 Å². The van der Waals surface area contributed by atoms with Crippen molar-refractivity contribution in [3.05, 3.63) is 60.2 Å². The minimum absolute atomic E-state index is 0.570. The van der Waals surface area contributed by atoms with Gasteiger partial charge in [0.05, 0.1) is 12.9 Å². The lowest BCUT2D eigenvalue weighted by Gasteiger charge is -2.07. The van der Waals surface area contributed by atoms with Crippen LogP contribution in [0.3, 0.4) is 0 Å². The molecule has 0 saturated carbocycles. The van der Waals surface area contributed by atoms with E-state index < -0.39 is 10.0 Å². The minimum atomic E-state index is -3.22. The van der Waals surface area contributed by atoms with Crippen LogP contribution in [0.25, 0.3) is 0 Å². The first kappa shape index (κ1) is 14.4. The highest BCUT2D eigenvalue weighted by Crippen LogP contribution is 2.13. The highest BCUT2D eigenvalue weighted by molar-refractivity contribution is 7.92. The Balaban J connectivity index is 1.85. The molecule has 0 aliphatic rings. The van der Waals surface area contributed by atoms with Gasteiger partial charge in [-0.05, 0) is 29.8 Å². The summed E-state index contributed by atoms with van der Waals surface area (Å²) in [7, 11) is -3.22. The summed E-state index contributed by atoms with van der Waals surface area (Å²) in [6.07, 6.45) is 1.91. The van der Waals surface area contributed by atoms with Crippen LogP contribution in [0.5, 0.6) is 5.75 Å². The van der Waals surface area contributed by atoms with Crippen LogP contribution in [0.1, 0.15) is 5.56 Å². The number of sulfonamides is 1. The summed E-state index contributed by atoms with van der Waals surface area (Å²) in [5.41, 5.74) is 1.67. The summed E-state index contributed by atoms with van der Waals surface area (Å²) in [6.45, 7) is 0.586. The standard InChI is InChI=1S/C15H17NO3S/c1-20(17,18)16-14-9-7-13(8-10-14)11-12-19-15-5-3-2-4-6-15/h2-10,16H,11-12H2,1H3. The molecule has 20 heavy (non-hydrogen) atoms. The van der Waals surface area contributed by atoms with Crippen LogP contribution >= 0.6 is 0 Å². The summed E-state index contributed by atoms with van der Waals surface area (Å²) in [6, 6.07) is 16.9. The fraction of sp³-hybridized carbons (Fsp3) is 0.200. The molecule has 2 aromatic carbocycles. The van der Waals surface area contributed by atoms with Crippen molar-refractivity contribution in [3.63, 3.8) is 0 Å². The summed E-state index contributed by atoms with van der Waals surface area (Å²) in [5.74, 6) is 0.850. The molecule has 2 rings (SSSR count). The second kappa shape index (κ2) is 6.43. The lowest BCUT2D eigenvalue weighted by atomic mass is 10.1. The molecule has 0 spiro atoms. The quantitative estimate of drug-likeness (QED) is 0.890. The molecule has 0 heterocycles. The molecule has 106 valence electrons. The fourth-order valence-electron chi connectivity index (χ4n) is 1.76. The van der Waals surface area contributed by atoms with Crippen molar-refractivity contribution in [2.75, 3.05) is 17.6 Å². The largest absolute Gasteiger partial charge is 0.493 e. The van der Waals surface area contributed by atoms with Crippen molar-refractivity contribution < 1.29 is 13.2 Å². The zero-order chi connectivity index (χ0) is 14.4. The van der Waals surface area contributed by atoms with Crippen molar-refractivity contribution in [2.45, 2.75) is 6.42 Å². The third kappa shape index (κ3) is 4.93. The Bertz CT molecular complexity index is 637. The molecular weight excluding hydrogens is 274 g/mol. The smallest absolute Gasteiger partial charge is 0.229 e. The maximum atomic E-state index is 11.1. The third-order valence-corrected chi connectivity index (χ3v) is 3.27. The van der Waals surface area contributed by atoms with Crippen molar-refractivity contribution in [3.8, 4) is 5.75 Å². The Labute approximate surface area is 119 Å². The molecule has 0 amide bonds. The Morgan fingerprint density at radius 1 is 1.00 bits per heavy atom. The second-order valence-corrected chi connectivity index (χ2v) is 6.23. The van der Waals surface area contributed by atoms with E-state index in [1.54, 1.807) is 12.1 Å². The van der Waals surface area contributed by atoms with Gasteiger partial charge in [0.1, 0.15) is 5.75 Å². The Hall–Kier alpha value is -2.01. The van der Waals surface area contributed by atoms with E-state index in [4.69, 9.17) is 4.74 Å². The maximum Gasteiger partial charge on any atom is 0.229 e. The molecule has 2 aromatic rings. The molecule has 1 N–H and O–H groups in total. The fourth-order valence-corrected chi connectivity index (χ4v) is 2.32. The van der Waals surface area contributed by atoms with E-state index in [-0.39, 0.29) is 0 Å². The van der Waals surface area contributed by atoms with Gasteiger partial charge in [0.25, 0.3) is 0 Å². The summed E-state index contributed by atoms with van der Waals surface area (Å²) in [4.78, 5) is 0. The Morgan fingerprint density at radius 3 is 2.25 bits per heavy atom. The Kier molecular flexibility index (Phi) is 4.63. The summed E-state index contributed by atoms with van der Waals surface area (Å²) in [5, 5.41) is 0. The lowest BCUT2D eigenvalue weighted by molar-refractivity contribution is 0.322. The first-order chi connectivity index (χ1) is 9.53. The normalized spacial score (nSPS) is 11.1. The first-order valence-electron chi connectivity index (χ1n) is 6.27. The van der Waals surface area contributed by atoms with E-state index in [2.05, 4.69) is 4.72 Å². The van der Waals surface area contributed by atoms with Crippen molar-refractivity contribution >= 4 is 15.7 Å². The van der Waals surface area contributed by atoms with Gasteiger partial charge < -0.3 is 4.74 Å². The molecule has 0 saturated heterocycles. The first-order valence-corrected chi connectivity index (χ1v) is 8.17. The number of ether oxygens (including phenoxy) is 1. The second-order valence-electron chi connectivity index (χ2n) is 4.48. The summed E-state index contributed by atoms with van der Waals surface area (Å²) < 4.78 is 30.2. The van der Waals surface area contributed by atoms with Crippen LogP contribution in [0.2, 0.25) is 0 Å². The van der Waals surface area contributed by atoms with E-state index in [0.29, 0.717) is 12.3 Å². The van der Waals surface area contributed by atoms with E-state index in [1.165, 1.54) is 0 Å². The highest BCUT2D eigenvalue weighted by Gasteiger charge is 2.01. The number of hydrogen-bond donors (Lipinski definition) is 1. The maximum absolute atomic E-state index is 11.1. The van der Waals surface area contributed by atoms with Crippen LogP contribution < -0.4 is 9.46 Å². The van der Waals surface area contributed by atoms with E-state index in [1.807, 2.05) is 42.5 Å². The number of anilines is 1. The van der Waals surface area contributed by atoms with Gasteiger partial charge in [0.15, 0.2) is 0 Å². The molecule has 0 radical (unpaired) electrons. The topological polar surface area (TPSA) is 55.4 Å². The molecule has 0 atom stereocenters. The van der Waals surface area contributed by atoms with Gasteiger partial charge >= 0.3 is 0 Å². The minimum Gasteiger partial charge on any atom is -0.493 e. The van der Waals surface area contributed by atoms with Gasteiger partial charge in [0.2, 0.25) is 10.0 Å². The summed E-state index contributed by atoms with van der Waals surface area (Å²) >= 11 is 0. The third-order valence-electron chi connectivity index (χ3n) is 2.66. The molecule has 0 aliphatic heterocycles. The van der Waals surface area contributed by atoms with E-state index >= 15 is 0 Å². The van der Waals surface area contributed by atoms with Crippen molar-refractivity contribution in [2.24, 2.45) is 0 Å². The predicted octanol–water partition coefficient (Wildman–Crippen LogP) is 2.68. The molecule has 0 aliphatic carbocycles. The number of benzene rings is 2. The number of para-hydroxylation sites is 1. The van der Waals surface area contributed by atoms with Crippen molar-refractivity contribution in [1.29, 1.82) is 0 Å². The SMILES string of the molecule is CS(=O)(=O)Nc1ccc(CCOc2ccccc2)cc1. The van der Waals surface area contributed by atoms with Gasteiger partial charge in [-0.3, -0.25) is 4.72 Å². The molecule has 0 aromatic heterocycles. The molecule has 0 fully saturated rings. The molecule has 0 bridgehead atoms. The van der Waals surface area contributed by atoms with E-state index in [0.717, 1.165) is 24.0 Å². The van der Waals surface area contributed by atoms with E-state index in [9.17, 15) is 8.42 Å². The predicted molar refractivity (Wildman–Crippen MR) is 80.5 cm³/mol. The van der Waals surface area contributed by atoms with Crippen LogP contribution in [-0.4, -0.2) is 21.3 Å². The number of rotatable bonds is 6. The van der Waals surface area contributed by atoms with Gasteiger partial charge in [0, 0.05) is 12.1 Å². The Morgan fingerprint density at radius 2 is 1.65 bits per heavy atom. The zero-order valence-electron chi connectivity index (χ0n) is 11.2. The van der Waals surface area contributed by atoms with Crippen molar-refractivity contribution in [1.82, 2.24) is 0 Å². The average Bonchev–Trinajstić information content (AvgIpc) is 2.40. The van der Waals surface area contributed by atoms with Gasteiger partial charge in [-0.25, -0.2) is 8.42 Å². The van der Waals surface area contributed by atoms with Crippen LogP contribution in [-0.2, 0) is 16.4 Å². The van der Waals surface area contributed by atoms with Gasteiger partial charge in [-0.1, -0.05) is 30.3 Å². The number of nitrogens with one attached hydrogen (secondary N) is 1.